The molecule has 0 radical (unpaired) electrons. The minimum atomic E-state index is -2.59. The highest BCUT2D eigenvalue weighted by atomic mass is 16.5. The first-order chi connectivity index (χ1) is 16.0. The molecule has 10 nitrogen and oxygen atoms in total. The molecule has 2 aliphatic rings. The number of carbonyl (C=O) groups excluding carboxylic acids is 5. The molecule has 0 saturated heterocycles. The van der Waals surface area contributed by atoms with Gasteiger partial charge in [-0.25, -0.2) is 0 Å². The topological polar surface area (TPSA) is 175 Å². The molecule has 2 aromatic carbocycles. The second-order valence-corrected chi connectivity index (χ2v) is 7.79. The molecular weight excluding hydrogens is 448 g/mol. The second-order valence-electron chi connectivity index (χ2n) is 7.79. The first-order valence-electron chi connectivity index (χ1n) is 10.3. The number of benzene rings is 2. The molecule has 0 aromatic heterocycles. The molecule has 0 bridgehead atoms. The van der Waals surface area contributed by atoms with E-state index >= 15 is 0 Å². The molecule has 2 aliphatic carbocycles. The van der Waals surface area contributed by atoms with Crippen molar-refractivity contribution in [1.82, 2.24) is 0 Å². The molecule has 1 atom stereocenters. The molecule has 2 aromatic rings. The molecule has 174 valence electrons. The second kappa shape index (κ2) is 7.55. The van der Waals surface area contributed by atoms with Crippen molar-refractivity contribution in [2.75, 3.05) is 0 Å². The highest BCUT2D eigenvalue weighted by Gasteiger charge is 2.57. The van der Waals surface area contributed by atoms with Crippen LogP contribution in [-0.4, -0.2) is 54.9 Å². The Balaban J connectivity index is 2.00. The van der Waals surface area contributed by atoms with Crippen molar-refractivity contribution >= 4 is 28.9 Å². The third-order valence-electron chi connectivity index (χ3n) is 6.06. The summed E-state index contributed by atoms with van der Waals surface area (Å²) in [5.41, 5.74) is -5.12. The number of allylic oxidation sites excluding steroid dienone is 2. The van der Waals surface area contributed by atoms with Gasteiger partial charge >= 0.3 is 0 Å². The Morgan fingerprint density at radius 3 is 1.79 bits per heavy atom. The Hall–Kier alpha value is -4.47. The van der Waals surface area contributed by atoms with Crippen molar-refractivity contribution < 1.29 is 49.1 Å². The fourth-order valence-electron chi connectivity index (χ4n) is 4.29. The fourth-order valence-corrected chi connectivity index (χ4v) is 4.29. The van der Waals surface area contributed by atoms with Crippen molar-refractivity contribution in [3.63, 3.8) is 0 Å². The normalized spacial score (nSPS) is 19.3. The Morgan fingerprint density at radius 2 is 1.26 bits per heavy atom. The standard InChI is InChI=1S/C24H18O10/c1-3-9-18(29)14-10(25)5-6-11(26)15(14)19(30)21(9)34-24(4-2)22(32)17-13(28)8-7-12(27)16(17)20(31)23(24)33/h5-8,27-30H,3-4H2,1-2H3. The molecule has 0 spiro atoms. The lowest BCUT2D eigenvalue weighted by Gasteiger charge is -2.35. The Morgan fingerprint density at radius 1 is 0.735 bits per heavy atom. The lowest BCUT2D eigenvalue weighted by molar-refractivity contribution is -0.127. The summed E-state index contributed by atoms with van der Waals surface area (Å²) in [4.78, 5) is 64.2. The SMILES string of the molecule is CCc1c(O)c2c(c(O)c1OC1(CC)C(=O)C(=O)c3c(O)ccc(O)c3C1=O)C(=O)C=CC2=O. The van der Waals surface area contributed by atoms with Gasteiger partial charge in [0.2, 0.25) is 17.2 Å². The molecule has 4 rings (SSSR count). The Kier molecular flexibility index (Phi) is 5.04. The first kappa shape index (κ1) is 22.7. The first-order valence-corrected chi connectivity index (χ1v) is 10.3. The van der Waals surface area contributed by atoms with Gasteiger partial charge in [-0.15, -0.1) is 0 Å². The average molecular weight is 466 g/mol. The van der Waals surface area contributed by atoms with E-state index in [0.29, 0.717) is 0 Å². The van der Waals surface area contributed by atoms with Gasteiger partial charge in [0, 0.05) is 5.56 Å². The summed E-state index contributed by atoms with van der Waals surface area (Å²) < 4.78 is 5.71. The summed E-state index contributed by atoms with van der Waals surface area (Å²) in [7, 11) is 0. The lowest BCUT2D eigenvalue weighted by Crippen LogP contribution is -2.57. The van der Waals surface area contributed by atoms with Crippen LogP contribution in [0.5, 0.6) is 28.7 Å². The molecule has 0 heterocycles. The van der Waals surface area contributed by atoms with E-state index < -0.39 is 91.9 Å². The highest BCUT2D eigenvalue weighted by Crippen LogP contribution is 2.48. The Labute approximate surface area is 191 Å². The maximum atomic E-state index is 13.5. The van der Waals surface area contributed by atoms with E-state index in [4.69, 9.17) is 4.74 Å². The number of ketones is 5. The van der Waals surface area contributed by atoms with Gasteiger partial charge in [-0.3, -0.25) is 24.0 Å². The third-order valence-corrected chi connectivity index (χ3v) is 6.06. The van der Waals surface area contributed by atoms with Crippen LogP contribution in [0.1, 0.15) is 67.3 Å². The van der Waals surface area contributed by atoms with Gasteiger partial charge in [0.1, 0.15) is 17.2 Å². The van der Waals surface area contributed by atoms with E-state index in [1.165, 1.54) is 13.8 Å². The molecule has 0 saturated carbocycles. The zero-order chi connectivity index (χ0) is 25.1. The average Bonchev–Trinajstić information content (AvgIpc) is 2.81. The monoisotopic (exact) mass is 466 g/mol. The van der Waals surface area contributed by atoms with E-state index in [9.17, 15) is 44.4 Å². The van der Waals surface area contributed by atoms with Crippen LogP contribution in [0.3, 0.4) is 0 Å². The quantitative estimate of drug-likeness (QED) is 0.297. The number of aromatic hydroxyl groups is 4. The van der Waals surface area contributed by atoms with Gasteiger partial charge in [-0.2, -0.15) is 0 Å². The number of rotatable bonds is 4. The van der Waals surface area contributed by atoms with E-state index in [1.54, 1.807) is 0 Å². The van der Waals surface area contributed by atoms with Crippen LogP contribution in [0.15, 0.2) is 24.3 Å². The number of fused-ring (bicyclic) bond motifs is 2. The maximum absolute atomic E-state index is 13.5. The number of hydrogen-bond donors (Lipinski definition) is 4. The lowest BCUT2D eigenvalue weighted by atomic mass is 9.75. The Bertz CT molecular complexity index is 1380. The van der Waals surface area contributed by atoms with Gasteiger partial charge in [0.05, 0.1) is 22.3 Å². The smallest absolute Gasteiger partial charge is 0.255 e. The van der Waals surface area contributed by atoms with Crippen LogP contribution in [0, 0.1) is 0 Å². The summed E-state index contributed by atoms with van der Waals surface area (Å²) >= 11 is 0. The van der Waals surface area contributed by atoms with Crippen LogP contribution in [0.2, 0.25) is 0 Å². The van der Waals surface area contributed by atoms with Crippen molar-refractivity contribution in [3.05, 3.63) is 52.1 Å². The summed E-state index contributed by atoms with van der Waals surface area (Å²) in [6.07, 6.45) is 1.30. The predicted molar refractivity (Wildman–Crippen MR) is 114 cm³/mol. The van der Waals surface area contributed by atoms with E-state index in [1.807, 2.05) is 0 Å². The number of hydrogen-bond acceptors (Lipinski definition) is 10. The fraction of sp³-hybridized carbons (Fsp3) is 0.208. The molecule has 0 aliphatic heterocycles. The predicted octanol–water partition coefficient (Wildman–Crippen LogP) is 2.18. The highest BCUT2D eigenvalue weighted by molar-refractivity contribution is 6.55. The minimum absolute atomic E-state index is 0.0636. The summed E-state index contributed by atoms with van der Waals surface area (Å²) in [5.74, 6) is -9.00. The summed E-state index contributed by atoms with van der Waals surface area (Å²) in [6.45, 7) is 2.86. The van der Waals surface area contributed by atoms with Crippen molar-refractivity contribution in [3.8, 4) is 28.7 Å². The zero-order valence-electron chi connectivity index (χ0n) is 18.0. The van der Waals surface area contributed by atoms with E-state index in [2.05, 4.69) is 0 Å². The number of phenolic OH excluding ortho intramolecular Hbond substituents is 4. The summed E-state index contributed by atoms with van der Waals surface area (Å²) in [5, 5.41) is 41.9. The molecule has 0 amide bonds. The van der Waals surface area contributed by atoms with Gasteiger partial charge in [-0.05, 0) is 37.1 Å². The number of phenols is 4. The van der Waals surface area contributed by atoms with E-state index in [0.717, 1.165) is 24.3 Å². The molecule has 1 unspecified atom stereocenters. The zero-order valence-corrected chi connectivity index (χ0v) is 18.0. The van der Waals surface area contributed by atoms with Gasteiger partial charge in [0.25, 0.3) is 5.78 Å². The van der Waals surface area contributed by atoms with E-state index in [-0.39, 0.29) is 12.0 Å². The van der Waals surface area contributed by atoms with Gasteiger partial charge < -0.3 is 25.2 Å². The van der Waals surface area contributed by atoms with Crippen LogP contribution in [-0.2, 0) is 11.2 Å². The third kappa shape index (κ3) is 2.78. The molecular formula is C24H18O10. The van der Waals surface area contributed by atoms with Gasteiger partial charge in [-0.1, -0.05) is 13.8 Å². The molecule has 0 fully saturated rings. The van der Waals surface area contributed by atoms with Gasteiger partial charge in [0.15, 0.2) is 23.1 Å². The van der Waals surface area contributed by atoms with Crippen LogP contribution >= 0.6 is 0 Å². The van der Waals surface area contributed by atoms with Crippen LogP contribution < -0.4 is 4.74 Å². The number of ether oxygens (including phenoxy) is 1. The molecule has 34 heavy (non-hydrogen) atoms. The minimum Gasteiger partial charge on any atom is -0.507 e. The molecule has 10 heteroatoms. The largest absolute Gasteiger partial charge is 0.507 e. The summed E-state index contributed by atoms with van der Waals surface area (Å²) in [6, 6.07) is 1.91. The number of carbonyl (C=O) groups is 5. The van der Waals surface area contributed by atoms with Crippen LogP contribution in [0.4, 0.5) is 0 Å². The molecule has 4 N–H and O–H groups in total. The van der Waals surface area contributed by atoms with Crippen molar-refractivity contribution in [1.29, 1.82) is 0 Å². The maximum Gasteiger partial charge on any atom is 0.255 e. The van der Waals surface area contributed by atoms with Crippen LogP contribution in [0.25, 0.3) is 0 Å². The number of Topliss-reactive ketones (excluding diaryl/α,β-unsaturated/α-hetero) is 3. The van der Waals surface area contributed by atoms with Crippen molar-refractivity contribution in [2.45, 2.75) is 32.3 Å². The van der Waals surface area contributed by atoms with Crippen molar-refractivity contribution in [2.24, 2.45) is 0 Å².